The van der Waals surface area contributed by atoms with Crippen LogP contribution >= 0.6 is 23.4 Å². The number of halogens is 3. The van der Waals surface area contributed by atoms with E-state index in [0.29, 0.717) is 27.7 Å². The molecule has 0 saturated heterocycles. The third kappa shape index (κ3) is 4.27. The lowest BCUT2D eigenvalue weighted by Crippen LogP contribution is -2.11. The van der Waals surface area contributed by atoms with E-state index in [0.717, 1.165) is 5.69 Å². The topological polar surface area (TPSA) is 95.4 Å². The lowest BCUT2D eigenvalue weighted by atomic mass is 10.2. The number of thioether (sulfide) groups is 1. The van der Waals surface area contributed by atoms with Gasteiger partial charge in [-0.2, -0.15) is 8.78 Å². The van der Waals surface area contributed by atoms with Crippen LogP contribution in [0, 0.1) is 6.92 Å². The SMILES string of the molecule is Cc1ccc(-c2nnc(C(F)(F)Sc3nnc(-c4ccncc4)n3-c3ccccc3Cl)o2)cn1. The third-order valence-electron chi connectivity index (χ3n) is 4.72. The summed E-state index contributed by atoms with van der Waals surface area (Å²) in [5.74, 6) is -0.606. The minimum absolute atomic E-state index is 0.0622. The molecule has 4 aromatic heterocycles. The number of pyridine rings is 2. The Morgan fingerprint density at radius 1 is 0.941 bits per heavy atom. The van der Waals surface area contributed by atoms with Crippen LogP contribution < -0.4 is 0 Å². The molecule has 5 aromatic rings. The fraction of sp³-hybridized carbons (Fsp3) is 0.0909. The standard InChI is InChI=1S/C22H14ClF2N7OS/c1-13-6-7-15(12-27-13)19-29-30-20(33-19)22(24,25)34-21-31-28-18(14-8-10-26-11-9-14)32(21)17-5-3-2-4-16(17)23/h2-12H,1H3. The molecule has 0 aliphatic rings. The first-order chi connectivity index (χ1) is 16.4. The fourth-order valence-electron chi connectivity index (χ4n) is 3.08. The first-order valence-corrected chi connectivity index (χ1v) is 11.1. The van der Waals surface area contributed by atoms with Crippen LogP contribution in [-0.2, 0) is 5.25 Å². The summed E-state index contributed by atoms with van der Waals surface area (Å²) in [4.78, 5) is 8.11. The molecule has 1 aromatic carbocycles. The average molecular weight is 498 g/mol. The number of aryl methyl sites for hydroxylation is 1. The summed E-state index contributed by atoms with van der Waals surface area (Å²) >= 11 is 6.51. The largest absolute Gasteiger partial charge is 0.414 e. The van der Waals surface area contributed by atoms with Gasteiger partial charge in [-0.05, 0) is 55.1 Å². The van der Waals surface area contributed by atoms with Crippen LogP contribution in [0.5, 0.6) is 0 Å². The molecule has 0 amide bonds. The summed E-state index contributed by atoms with van der Waals surface area (Å²) in [6, 6.07) is 13.6. The van der Waals surface area contributed by atoms with Gasteiger partial charge in [0.2, 0.25) is 11.0 Å². The molecular formula is C22H14ClF2N7OS. The highest BCUT2D eigenvalue weighted by Crippen LogP contribution is 2.45. The van der Waals surface area contributed by atoms with Gasteiger partial charge in [-0.15, -0.1) is 20.4 Å². The highest BCUT2D eigenvalue weighted by molar-refractivity contribution is 7.99. The first kappa shape index (κ1) is 22.1. The van der Waals surface area contributed by atoms with Crippen molar-refractivity contribution in [2.24, 2.45) is 0 Å². The van der Waals surface area contributed by atoms with Crippen LogP contribution in [0.15, 0.2) is 76.7 Å². The Hall–Kier alpha value is -3.70. The Morgan fingerprint density at radius 3 is 2.47 bits per heavy atom. The fourth-order valence-corrected chi connectivity index (χ4v) is 4.06. The Labute approximate surface area is 201 Å². The van der Waals surface area contributed by atoms with Crippen molar-refractivity contribution in [3.05, 3.63) is 83.7 Å². The maximum absolute atomic E-state index is 15.3. The van der Waals surface area contributed by atoms with Gasteiger partial charge in [0.1, 0.15) is 0 Å². The summed E-state index contributed by atoms with van der Waals surface area (Å²) in [5, 5.41) is 12.1. The van der Waals surface area contributed by atoms with Gasteiger partial charge in [0.15, 0.2) is 5.82 Å². The molecule has 0 aliphatic carbocycles. The van der Waals surface area contributed by atoms with Crippen LogP contribution in [0.2, 0.25) is 5.02 Å². The molecule has 5 rings (SSSR count). The van der Waals surface area contributed by atoms with Crippen LogP contribution in [0.3, 0.4) is 0 Å². The summed E-state index contributed by atoms with van der Waals surface area (Å²) < 4.78 is 37.3. The van der Waals surface area contributed by atoms with E-state index >= 15 is 8.78 Å². The molecular weight excluding hydrogens is 484 g/mol. The van der Waals surface area contributed by atoms with Crippen molar-refractivity contribution in [1.29, 1.82) is 0 Å². The number of aromatic nitrogens is 7. The molecule has 4 heterocycles. The molecule has 0 bridgehead atoms. The maximum atomic E-state index is 15.3. The normalized spacial score (nSPS) is 11.6. The second kappa shape index (κ2) is 8.92. The zero-order chi connectivity index (χ0) is 23.7. The molecule has 8 nitrogen and oxygen atoms in total. The van der Waals surface area contributed by atoms with E-state index in [2.05, 4.69) is 30.4 Å². The quantitative estimate of drug-likeness (QED) is 0.281. The van der Waals surface area contributed by atoms with E-state index < -0.39 is 11.1 Å². The second-order valence-corrected chi connectivity index (χ2v) is 8.54. The Morgan fingerprint density at radius 2 is 1.74 bits per heavy atom. The van der Waals surface area contributed by atoms with Crippen molar-refractivity contribution >= 4 is 23.4 Å². The summed E-state index contributed by atoms with van der Waals surface area (Å²) in [6.07, 6.45) is 4.62. The molecule has 0 N–H and O–H groups in total. The summed E-state index contributed by atoms with van der Waals surface area (Å²) in [5.41, 5.74) is 2.28. The molecule has 170 valence electrons. The van der Waals surface area contributed by atoms with Crippen molar-refractivity contribution in [3.63, 3.8) is 0 Å². The van der Waals surface area contributed by atoms with E-state index in [-0.39, 0.29) is 22.8 Å². The number of hydrogen-bond donors (Lipinski definition) is 0. The predicted octanol–water partition coefficient (Wildman–Crippen LogP) is 5.58. The van der Waals surface area contributed by atoms with Crippen molar-refractivity contribution < 1.29 is 13.2 Å². The van der Waals surface area contributed by atoms with Gasteiger partial charge in [0.05, 0.1) is 16.3 Å². The van der Waals surface area contributed by atoms with Crippen molar-refractivity contribution in [3.8, 4) is 28.5 Å². The molecule has 0 spiro atoms. The van der Waals surface area contributed by atoms with E-state index in [9.17, 15) is 0 Å². The Balaban J connectivity index is 1.54. The zero-order valence-electron chi connectivity index (χ0n) is 17.4. The first-order valence-electron chi connectivity index (χ1n) is 9.87. The van der Waals surface area contributed by atoms with Gasteiger partial charge in [-0.3, -0.25) is 14.5 Å². The maximum Gasteiger partial charge on any atom is 0.377 e. The van der Waals surface area contributed by atoms with E-state index in [1.807, 2.05) is 6.92 Å². The van der Waals surface area contributed by atoms with Gasteiger partial charge in [-0.1, -0.05) is 23.7 Å². The Kier molecular flexibility index (Phi) is 5.80. The molecule has 0 aliphatic heterocycles. The van der Waals surface area contributed by atoms with Gasteiger partial charge in [0, 0.05) is 29.8 Å². The van der Waals surface area contributed by atoms with Gasteiger partial charge < -0.3 is 4.42 Å². The van der Waals surface area contributed by atoms with E-state index in [1.54, 1.807) is 60.9 Å². The smallest absolute Gasteiger partial charge is 0.377 e. The minimum Gasteiger partial charge on any atom is -0.414 e. The average Bonchev–Trinajstić information content (AvgIpc) is 3.49. The van der Waals surface area contributed by atoms with Crippen molar-refractivity contribution in [2.75, 3.05) is 0 Å². The lowest BCUT2D eigenvalue weighted by Gasteiger charge is -2.14. The monoisotopic (exact) mass is 497 g/mol. The number of nitrogens with zero attached hydrogens (tertiary/aromatic N) is 7. The van der Waals surface area contributed by atoms with Crippen LogP contribution in [0.1, 0.15) is 11.6 Å². The predicted molar refractivity (Wildman–Crippen MR) is 122 cm³/mol. The highest BCUT2D eigenvalue weighted by Gasteiger charge is 2.42. The van der Waals surface area contributed by atoms with Crippen LogP contribution in [-0.4, -0.2) is 34.9 Å². The van der Waals surface area contributed by atoms with Gasteiger partial charge in [-0.25, -0.2) is 0 Å². The van der Waals surface area contributed by atoms with E-state index in [1.165, 1.54) is 10.8 Å². The van der Waals surface area contributed by atoms with E-state index in [4.69, 9.17) is 16.0 Å². The van der Waals surface area contributed by atoms with Crippen molar-refractivity contribution in [1.82, 2.24) is 34.9 Å². The molecule has 0 radical (unpaired) electrons. The van der Waals surface area contributed by atoms with Crippen LogP contribution in [0.4, 0.5) is 8.78 Å². The summed E-state index contributed by atoms with van der Waals surface area (Å²) in [6.45, 7) is 1.81. The zero-order valence-corrected chi connectivity index (χ0v) is 19.0. The Bertz CT molecular complexity index is 1440. The van der Waals surface area contributed by atoms with Crippen LogP contribution in [0.25, 0.3) is 28.5 Å². The molecule has 0 fully saturated rings. The second-order valence-electron chi connectivity index (χ2n) is 7.05. The van der Waals surface area contributed by atoms with Crippen molar-refractivity contribution in [2.45, 2.75) is 17.3 Å². The number of para-hydroxylation sites is 1. The third-order valence-corrected chi connectivity index (χ3v) is 5.91. The number of rotatable bonds is 6. The molecule has 0 saturated carbocycles. The summed E-state index contributed by atoms with van der Waals surface area (Å²) in [7, 11) is 0. The molecule has 12 heteroatoms. The highest BCUT2D eigenvalue weighted by atomic mass is 35.5. The number of alkyl halides is 2. The lowest BCUT2D eigenvalue weighted by molar-refractivity contribution is 0.0717. The number of hydrogen-bond acceptors (Lipinski definition) is 8. The molecule has 0 atom stereocenters. The minimum atomic E-state index is -3.61. The molecule has 34 heavy (non-hydrogen) atoms. The molecule has 0 unspecified atom stereocenters. The van der Waals surface area contributed by atoms with Gasteiger partial charge in [0.25, 0.3) is 5.89 Å². The van der Waals surface area contributed by atoms with Gasteiger partial charge >= 0.3 is 5.25 Å². The number of benzene rings is 1.